The maximum absolute atomic E-state index is 5.36. The maximum Gasteiger partial charge on any atom is 0.189 e. The summed E-state index contributed by atoms with van der Waals surface area (Å²) in [5, 5.41) is 0.782. The van der Waals surface area contributed by atoms with Crippen LogP contribution < -0.4 is 9.64 Å². The molecule has 0 fully saturated rings. The van der Waals surface area contributed by atoms with Crippen LogP contribution in [0.1, 0.15) is 5.56 Å². The lowest BCUT2D eigenvalue weighted by Crippen LogP contribution is -2.18. The predicted octanol–water partition coefficient (Wildman–Crippen LogP) is 2.84. The zero-order chi connectivity index (χ0) is 13.7. The Bertz CT molecular complexity index is 548. The van der Waals surface area contributed by atoms with Gasteiger partial charge in [-0.1, -0.05) is 30.0 Å². The van der Waals surface area contributed by atoms with E-state index in [4.69, 9.17) is 4.74 Å². The van der Waals surface area contributed by atoms with Gasteiger partial charge in [0.2, 0.25) is 0 Å². The van der Waals surface area contributed by atoms with E-state index in [1.54, 1.807) is 25.1 Å². The lowest BCUT2D eigenvalue weighted by molar-refractivity contribution is 0.409. The van der Waals surface area contributed by atoms with Crippen molar-refractivity contribution >= 4 is 17.6 Å². The molecule has 0 aliphatic rings. The summed E-state index contributed by atoms with van der Waals surface area (Å²) >= 11 is 1.54. The molecule has 1 aromatic heterocycles. The number of benzene rings is 1. The molecule has 5 heteroatoms. The van der Waals surface area contributed by atoms with Crippen molar-refractivity contribution in [3.8, 4) is 5.75 Å². The first-order valence-electron chi connectivity index (χ1n) is 5.94. The number of rotatable bonds is 5. The molecule has 0 radical (unpaired) electrons. The zero-order valence-corrected chi connectivity index (χ0v) is 12.1. The van der Waals surface area contributed by atoms with Crippen molar-refractivity contribution in [1.82, 2.24) is 9.97 Å². The number of hydrogen-bond acceptors (Lipinski definition) is 5. The fourth-order valence-electron chi connectivity index (χ4n) is 1.81. The van der Waals surface area contributed by atoms with Crippen LogP contribution in [0.2, 0.25) is 0 Å². The third-order valence-electron chi connectivity index (χ3n) is 2.79. The van der Waals surface area contributed by atoms with Crippen molar-refractivity contribution in [3.63, 3.8) is 0 Å². The van der Waals surface area contributed by atoms with Crippen LogP contribution in [0.3, 0.4) is 0 Å². The van der Waals surface area contributed by atoms with E-state index in [9.17, 15) is 0 Å². The highest BCUT2D eigenvalue weighted by Gasteiger charge is 2.08. The van der Waals surface area contributed by atoms with Crippen LogP contribution in [0, 0.1) is 0 Å². The Morgan fingerprint density at radius 3 is 2.79 bits per heavy atom. The minimum atomic E-state index is 0.745. The largest absolute Gasteiger partial charge is 0.496 e. The molecule has 0 amide bonds. The van der Waals surface area contributed by atoms with Crippen molar-refractivity contribution in [3.05, 3.63) is 42.1 Å². The molecule has 1 heterocycles. The molecular formula is C14H17N3OS. The Hall–Kier alpha value is -1.75. The molecule has 0 spiro atoms. The van der Waals surface area contributed by atoms with E-state index in [0.29, 0.717) is 0 Å². The van der Waals surface area contributed by atoms with Gasteiger partial charge in [-0.05, 0) is 18.4 Å². The van der Waals surface area contributed by atoms with Crippen LogP contribution in [0.25, 0.3) is 0 Å². The van der Waals surface area contributed by atoms with Crippen molar-refractivity contribution in [1.29, 1.82) is 0 Å². The molecule has 4 nitrogen and oxygen atoms in total. The van der Waals surface area contributed by atoms with E-state index in [2.05, 4.69) is 20.9 Å². The van der Waals surface area contributed by atoms with Crippen molar-refractivity contribution in [2.24, 2.45) is 0 Å². The number of ether oxygens (including phenoxy) is 1. The normalized spacial score (nSPS) is 10.3. The smallest absolute Gasteiger partial charge is 0.189 e. The fraction of sp³-hybridized carbons (Fsp3) is 0.286. The highest BCUT2D eigenvalue weighted by atomic mass is 32.2. The van der Waals surface area contributed by atoms with Gasteiger partial charge in [0.05, 0.1) is 7.11 Å². The van der Waals surface area contributed by atoms with E-state index in [0.717, 1.165) is 28.8 Å². The van der Waals surface area contributed by atoms with Gasteiger partial charge in [-0.15, -0.1) is 0 Å². The summed E-state index contributed by atoms with van der Waals surface area (Å²) in [5.74, 6) is 1.80. The molecule has 1 aromatic carbocycles. The van der Waals surface area contributed by atoms with E-state index in [1.807, 2.05) is 37.6 Å². The van der Waals surface area contributed by atoms with Crippen LogP contribution >= 0.6 is 11.8 Å². The summed E-state index contributed by atoms with van der Waals surface area (Å²) in [6.07, 6.45) is 3.76. The third kappa shape index (κ3) is 3.38. The number of nitrogens with zero attached hydrogens (tertiary/aromatic N) is 3. The lowest BCUT2D eigenvalue weighted by Gasteiger charge is -2.19. The summed E-state index contributed by atoms with van der Waals surface area (Å²) in [4.78, 5) is 10.7. The number of methoxy groups -OCH3 is 1. The second-order valence-electron chi connectivity index (χ2n) is 4.07. The number of thioether (sulfide) groups is 1. The molecule has 0 unspecified atom stereocenters. The van der Waals surface area contributed by atoms with Gasteiger partial charge in [0.1, 0.15) is 11.6 Å². The van der Waals surface area contributed by atoms with E-state index in [1.165, 1.54) is 0 Å². The van der Waals surface area contributed by atoms with Crippen molar-refractivity contribution in [2.75, 3.05) is 25.3 Å². The van der Waals surface area contributed by atoms with Crippen LogP contribution in [-0.2, 0) is 6.54 Å². The molecule has 19 heavy (non-hydrogen) atoms. The van der Waals surface area contributed by atoms with Crippen LogP contribution in [0.4, 0.5) is 5.82 Å². The lowest BCUT2D eigenvalue weighted by atomic mass is 10.2. The molecule has 0 N–H and O–H groups in total. The Labute approximate surface area is 117 Å². The number of hydrogen-bond donors (Lipinski definition) is 0. The molecule has 0 saturated carbocycles. The highest BCUT2D eigenvalue weighted by Crippen LogP contribution is 2.21. The van der Waals surface area contributed by atoms with Gasteiger partial charge >= 0.3 is 0 Å². The van der Waals surface area contributed by atoms with Gasteiger partial charge < -0.3 is 9.64 Å². The summed E-state index contributed by atoms with van der Waals surface area (Å²) in [6, 6.07) is 9.93. The Kier molecular flexibility index (Phi) is 4.63. The Balaban J connectivity index is 2.18. The molecule has 0 bridgehead atoms. The number of anilines is 1. The number of aromatic nitrogens is 2. The van der Waals surface area contributed by atoms with Crippen molar-refractivity contribution in [2.45, 2.75) is 11.7 Å². The van der Waals surface area contributed by atoms with Gasteiger partial charge in [-0.25, -0.2) is 9.97 Å². The average molecular weight is 275 g/mol. The number of para-hydroxylation sites is 1. The van der Waals surface area contributed by atoms with Gasteiger partial charge in [0.15, 0.2) is 5.16 Å². The second-order valence-corrected chi connectivity index (χ2v) is 4.84. The topological polar surface area (TPSA) is 38.2 Å². The first-order valence-corrected chi connectivity index (χ1v) is 7.17. The highest BCUT2D eigenvalue weighted by molar-refractivity contribution is 7.98. The molecule has 2 rings (SSSR count). The standard InChI is InChI=1S/C14H17N3OS/c1-17(13-8-9-15-14(16-13)19-3)10-11-6-4-5-7-12(11)18-2/h4-9H,10H2,1-3H3. The van der Waals surface area contributed by atoms with Crippen LogP contribution in [0.15, 0.2) is 41.7 Å². The molecule has 0 saturated heterocycles. The zero-order valence-electron chi connectivity index (χ0n) is 11.3. The van der Waals surface area contributed by atoms with Gasteiger partial charge in [-0.2, -0.15) is 0 Å². The average Bonchev–Trinajstić information content (AvgIpc) is 2.47. The molecule has 100 valence electrons. The van der Waals surface area contributed by atoms with Crippen LogP contribution in [-0.4, -0.2) is 30.4 Å². The summed E-state index contributed by atoms with van der Waals surface area (Å²) < 4.78 is 5.36. The third-order valence-corrected chi connectivity index (χ3v) is 3.35. The maximum atomic E-state index is 5.36. The summed E-state index contributed by atoms with van der Waals surface area (Å²) in [7, 11) is 3.70. The second kappa shape index (κ2) is 6.43. The van der Waals surface area contributed by atoms with E-state index >= 15 is 0 Å². The van der Waals surface area contributed by atoms with E-state index in [-0.39, 0.29) is 0 Å². The minimum absolute atomic E-state index is 0.745. The SMILES string of the molecule is COc1ccccc1CN(C)c1ccnc(SC)n1. The minimum Gasteiger partial charge on any atom is -0.496 e. The first-order chi connectivity index (χ1) is 9.24. The molecule has 0 aliphatic carbocycles. The predicted molar refractivity (Wildman–Crippen MR) is 78.9 cm³/mol. The molecular weight excluding hydrogens is 258 g/mol. The first kappa shape index (κ1) is 13.7. The Morgan fingerprint density at radius 1 is 1.26 bits per heavy atom. The quantitative estimate of drug-likeness (QED) is 0.619. The molecule has 2 aromatic rings. The Morgan fingerprint density at radius 2 is 2.05 bits per heavy atom. The van der Waals surface area contributed by atoms with E-state index < -0.39 is 0 Å². The van der Waals surface area contributed by atoms with Gasteiger partial charge in [0, 0.05) is 25.4 Å². The fourth-order valence-corrected chi connectivity index (χ4v) is 2.16. The molecule has 0 atom stereocenters. The van der Waals surface area contributed by atoms with Crippen molar-refractivity contribution < 1.29 is 4.74 Å². The summed E-state index contributed by atoms with van der Waals surface area (Å²) in [6.45, 7) is 0.745. The van der Waals surface area contributed by atoms with Gasteiger partial charge in [-0.3, -0.25) is 0 Å². The summed E-state index contributed by atoms with van der Waals surface area (Å²) in [5.41, 5.74) is 1.14. The van der Waals surface area contributed by atoms with Crippen LogP contribution in [0.5, 0.6) is 5.75 Å². The monoisotopic (exact) mass is 275 g/mol. The van der Waals surface area contributed by atoms with Gasteiger partial charge in [0.25, 0.3) is 0 Å². The molecule has 0 aliphatic heterocycles.